The Morgan fingerprint density at radius 1 is 1.26 bits per heavy atom. The SMILES string of the molecule is CCn1c(C)cc(CNCC(C)N2CCCC2)c1C. The molecule has 108 valence electrons. The molecule has 1 atom stereocenters. The first-order valence-electron chi connectivity index (χ1n) is 7.73. The minimum atomic E-state index is 0.664. The van der Waals surface area contributed by atoms with Gasteiger partial charge in [-0.3, -0.25) is 4.90 Å². The maximum atomic E-state index is 3.63. The Hall–Kier alpha value is -0.800. The molecule has 2 heterocycles. The normalized spacial score (nSPS) is 18.1. The third kappa shape index (κ3) is 3.40. The van der Waals surface area contributed by atoms with Crippen molar-refractivity contribution >= 4 is 0 Å². The summed E-state index contributed by atoms with van der Waals surface area (Å²) < 4.78 is 2.39. The van der Waals surface area contributed by atoms with E-state index in [2.05, 4.69) is 48.5 Å². The van der Waals surface area contributed by atoms with Crippen molar-refractivity contribution in [2.75, 3.05) is 19.6 Å². The van der Waals surface area contributed by atoms with Gasteiger partial charge in [-0.25, -0.2) is 0 Å². The Labute approximate surface area is 118 Å². The molecule has 1 aliphatic rings. The van der Waals surface area contributed by atoms with E-state index in [1.165, 1.54) is 42.9 Å². The summed E-state index contributed by atoms with van der Waals surface area (Å²) in [5, 5.41) is 3.63. The summed E-state index contributed by atoms with van der Waals surface area (Å²) in [6.45, 7) is 14.7. The van der Waals surface area contributed by atoms with Gasteiger partial charge in [0, 0.05) is 37.1 Å². The first-order valence-corrected chi connectivity index (χ1v) is 7.73. The number of aryl methyl sites for hydroxylation is 1. The van der Waals surface area contributed by atoms with E-state index in [9.17, 15) is 0 Å². The van der Waals surface area contributed by atoms with E-state index in [1.807, 2.05) is 0 Å². The first kappa shape index (κ1) is 14.6. The quantitative estimate of drug-likeness (QED) is 0.851. The largest absolute Gasteiger partial charge is 0.349 e. The maximum Gasteiger partial charge on any atom is 0.0224 e. The molecule has 1 aromatic rings. The molecule has 0 saturated carbocycles. The highest BCUT2D eigenvalue weighted by atomic mass is 15.2. The van der Waals surface area contributed by atoms with Crippen LogP contribution in [0.1, 0.15) is 43.6 Å². The summed E-state index contributed by atoms with van der Waals surface area (Å²) in [5.41, 5.74) is 4.25. The van der Waals surface area contributed by atoms with Crippen molar-refractivity contribution in [2.45, 2.75) is 59.7 Å². The minimum Gasteiger partial charge on any atom is -0.349 e. The predicted molar refractivity (Wildman–Crippen MR) is 81.6 cm³/mol. The van der Waals surface area contributed by atoms with Crippen molar-refractivity contribution in [1.82, 2.24) is 14.8 Å². The van der Waals surface area contributed by atoms with Crippen LogP contribution in [0.15, 0.2) is 6.07 Å². The van der Waals surface area contributed by atoms with Gasteiger partial charge in [-0.05, 0) is 65.3 Å². The Morgan fingerprint density at radius 2 is 1.95 bits per heavy atom. The van der Waals surface area contributed by atoms with Crippen molar-refractivity contribution in [3.63, 3.8) is 0 Å². The molecular formula is C16H29N3. The van der Waals surface area contributed by atoms with Crippen LogP contribution in [0.3, 0.4) is 0 Å². The van der Waals surface area contributed by atoms with Gasteiger partial charge in [0.15, 0.2) is 0 Å². The number of nitrogens with zero attached hydrogens (tertiary/aromatic N) is 2. The monoisotopic (exact) mass is 263 g/mol. The van der Waals surface area contributed by atoms with Crippen molar-refractivity contribution < 1.29 is 0 Å². The van der Waals surface area contributed by atoms with Crippen LogP contribution >= 0.6 is 0 Å². The third-order valence-electron chi connectivity index (χ3n) is 4.51. The van der Waals surface area contributed by atoms with Crippen molar-refractivity contribution in [2.24, 2.45) is 0 Å². The summed E-state index contributed by atoms with van der Waals surface area (Å²) in [7, 11) is 0. The molecule has 1 aliphatic heterocycles. The summed E-state index contributed by atoms with van der Waals surface area (Å²) >= 11 is 0. The average Bonchev–Trinajstić information content (AvgIpc) is 2.99. The molecule has 1 unspecified atom stereocenters. The fourth-order valence-electron chi connectivity index (χ4n) is 3.27. The lowest BCUT2D eigenvalue weighted by molar-refractivity contribution is 0.251. The number of hydrogen-bond donors (Lipinski definition) is 1. The second kappa shape index (κ2) is 6.58. The van der Waals surface area contributed by atoms with Crippen LogP contribution in [0.5, 0.6) is 0 Å². The fourth-order valence-corrected chi connectivity index (χ4v) is 3.27. The number of rotatable bonds is 6. The van der Waals surface area contributed by atoms with Crippen LogP contribution in [0.2, 0.25) is 0 Å². The van der Waals surface area contributed by atoms with Crippen LogP contribution < -0.4 is 5.32 Å². The lowest BCUT2D eigenvalue weighted by Crippen LogP contribution is -2.38. The van der Waals surface area contributed by atoms with Gasteiger partial charge in [-0.1, -0.05) is 0 Å². The number of aromatic nitrogens is 1. The standard InChI is InChI=1S/C16H29N3/c1-5-19-13(2)10-16(15(19)4)12-17-11-14(3)18-8-6-7-9-18/h10,14,17H,5-9,11-12H2,1-4H3. The van der Waals surface area contributed by atoms with Crippen LogP contribution in [-0.2, 0) is 13.1 Å². The van der Waals surface area contributed by atoms with Gasteiger partial charge >= 0.3 is 0 Å². The highest BCUT2D eigenvalue weighted by molar-refractivity contribution is 5.26. The van der Waals surface area contributed by atoms with Gasteiger partial charge in [-0.2, -0.15) is 0 Å². The van der Waals surface area contributed by atoms with Gasteiger partial charge in [0.1, 0.15) is 0 Å². The topological polar surface area (TPSA) is 20.2 Å². The van der Waals surface area contributed by atoms with Gasteiger partial charge in [-0.15, -0.1) is 0 Å². The van der Waals surface area contributed by atoms with E-state index in [1.54, 1.807) is 0 Å². The zero-order valence-corrected chi connectivity index (χ0v) is 13.0. The molecule has 0 spiro atoms. The van der Waals surface area contributed by atoms with Gasteiger partial charge in [0.2, 0.25) is 0 Å². The van der Waals surface area contributed by atoms with E-state index in [-0.39, 0.29) is 0 Å². The highest BCUT2D eigenvalue weighted by Gasteiger charge is 2.17. The Balaban J connectivity index is 1.82. The predicted octanol–water partition coefficient (Wildman–Crippen LogP) is 2.70. The van der Waals surface area contributed by atoms with E-state index >= 15 is 0 Å². The maximum absolute atomic E-state index is 3.63. The van der Waals surface area contributed by atoms with Gasteiger partial charge < -0.3 is 9.88 Å². The van der Waals surface area contributed by atoms with Crippen LogP contribution in [0.4, 0.5) is 0 Å². The molecule has 0 aliphatic carbocycles. The molecule has 2 rings (SSSR count). The summed E-state index contributed by atoms with van der Waals surface area (Å²) in [6.07, 6.45) is 2.75. The lowest BCUT2D eigenvalue weighted by atomic mass is 10.2. The zero-order chi connectivity index (χ0) is 13.8. The molecule has 1 fully saturated rings. The molecule has 3 heteroatoms. The van der Waals surface area contributed by atoms with Crippen LogP contribution in [0.25, 0.3) is 0 Å². The molecule has 0 amide bonds. The summed E-state index contributed by atoms with van der Waals surface area (Å²) in [4.78, 5) is 2.60. The molecule has 1 saturated heterocycles. The first-order chi connectivity index (χ1) is 9.13. The fraction of sp³-hybridized carbons (Fsp3) is 0.750. The van der Waals surface area contributed by atoms with E-state index in [0.717, 1.165) is 19.6 Å². The minimum absolute atomic E-state index is 0.664. The Bertz CT molecular complexity index is 402. The number of hydrogen-bond acceptors (Lipinski definition) is 2. The highest BCUT2D eigenvalue weighted by Crippen LogP contribution is 2.15. The van der Waals surface area contributed by atoms with Gasteiger partial charge in [0.05, 0.1) is 0 Å². The molecule has 0 aromatic carbocycles. The molecule has 1 aromatic heterocycles. The molecule has 0 bridgehead atoms. The van der Waals surface area contributed by atoms with E-state index in [0.29, 0.717) is 6.04 Å². The molecule has 3 nitrogen and oxygen atoms in total. The van der Waals surface area contributed by atoms with E-state index < -0.39 is 0 Å². The lowest BCUT2D eigenvalue weighted by Gasteiger charge is -2.24. The third-order valence-corrected chi connectivity index (χ3v) is 4.51. The smallest absolute Gasteiger partial charge is 0.0224 e. The average molecular weight is 263 g/mol. The Morgan fingerprint density at radius 3 is 2.53 bits per heavy atom. The number of nitrogens with one attached hydrogen (secondary N) is 1. The van der Waals surface area contributed by atoms with Crippen LogP contribution in [0, 0.1) is 13.8 Å². The Kier molecular flexibility index (Phi) is 5.06. The second-order valence-corrected chi connectivity index (χ2v) is 5.86. The molecular weight excluding hydrogens is 234 g/mol. The molecule has 19 heavy (non-hydrogen) atoms. The second-order valence-electron chi connectivity index (χ2n) is 5.86. The molecule has 0 radical (unpaired) electrons. The van der Waals surface area contributed by atoms with Crippen molar-refractivity contribution in [3.8, 4) is 0 Å². The summed E-state index contributed by atoms with van der Waals surface area (Å²) in [6, 6.07) is 2.99. The van der Waals surface area contributed by atoms with Crippen LogP contribution in [-0.4, -0.2) is 35.1 Å². The summed E-state index contributed by atoms with van der Waals surface area (Å²) in [5.74, 6) is 0. The molecule has 1 N–H and O–H groups in total. The zero-order valence-electron chi connectivity index (χ0n) is 13.0. The van der Waals surface area contributed by atoms with Crippen molar-refractivity contribution in [1.29, 1.82) is 0 Å². The van der Waals surface area contributed by atoms with E-state index in [4.69, 9.17) is 0 Å². The number of likely N-dealkylation sites (tertiary alicyclic amines) is 1. The van der Waals surface area contributed by atoms with Crippen molar-refractivity contribution in [3.05, 3.63) is 23.0 Å². The van der Waals surface area contributed by atoms with Gasteiger partial charge in [0.25, 0.3) is 0 Å².